The molecule has 7 saturated heterocycles. The summed E-state index contributed by atoms with van der Waals surface area (Å²) >= 11 is 0. The maximum atomic E-state index is 10.6. The van der Waals surface area contributed by atoms with Crippen molar-refractivity contribution in [3.8, 4) is 0 Å². The molecule has 0 atom stereocenters. The molecule has 0 unspecified atom stereocenters. The summed E-state index contributed by atoms with van der Waals surface area (Å²) in [6, 6.07) is 0. The molecule has 324 valence electrons. The molecule has 3 amide bonds. The first kappa shape index (κ1) is 54.6. The third-order valence-corrected chi connectivity index (χ3v) is 11.8. The molecule has 7 aliphatic heterocycles. The first-order valence-electron chi connectivity index (χ1n) is 19.5. The van der Waals surface area contributed by atoms with Crippen molar-refractivity contribution in [1.29, 1.82) is 0 Å². The third-order valence-electron chi connectivity index (χ3n) is 8.55. The van der Waals surface area contributed by atoms with E-state index in [-0.39, 0.29) is 32.6 Å². The van der Waals surface area contributed by atoms with Gasteiger partial charge < -0.3 is 31.9 Å². The quantitative estimate of drug-likeness (QED) is 0.184. The fourth-order valence-corrected chi connectivity index (χ4v) is 8.07. The van der Waals surface area contributed by atoms with Crippen molar-refractivity contribution in [3.05, 3.63) is 0 Å². The summed E-state index contributed by atoms with van der Waals surface area (Å²) in [4.78, 5) is 51.4. The molecule has 55 heavy (non-hydrogen) atoms. The van der Waals surface area contributed by atoms with Crippen LogP contribution < -0.4 is 36.6 Å². The molecule has 7 N–H and O–H groups in total. The van der Waals surface area contributed by atoms with E-state index in [1.54, 1.807) is 0 Å². The van der Waals surface area contributed by atoms with Gasteiger partial charge in [-0.2, -0.15) is 0 Å². The first-order chi connectivity index (χ1) is 25.4. The van der Waals surface area contributed by atoms with Crippen LogP contribution in [-0.2, 0) is 43.8 Å². The maximum absolute atomic E-state index is 10.6. The van der Waals surface area contributed by atoms with Gasteiger partial charge in [0, 0.05) is 77.8 Å². The highest BCUT2D eigenvalue weighted by atomic mass is 32.2. The second-order valence-electron chi connectivity index (χ2n) is 13.6. The van der Waals surface area contributed by atoms with Crippen molar-refractivity contribution in [3.63, 3.8) is 0 Å². The SMILES string of the molecule is C.C.C1CCNCC1.O=C1CCCC1.O=C1CCCN1.O=C1CCCN1.O=C1CCCNCC1.O=C1CNCCN1.O=S1(=O)CCCC1.O=S1(=O)CCCN1. The van der Waals surface area contributed by atoms with E-state index in [0.717, 1.165) is 129 Å². The molecule has 16 nitrogen and oxygen atoms in total. The number of carbonyl (C=O) groups excluding carboxylic acids is 5. The molecular formula is C37H75N7O9S2. The summed E-state index contributed by atoms with van der Waals surface area (Å²) in [5, 5.41) is 17.4. The molecule has 1 aliphatic carbocycles. The molecular weight excluding hydrogens is 751 g/mol. The summed E-state index contributed by atoms with van der Waals surface area (Å²) in [7, 11) is -5.34. The van der Waals surface area contributed by atoms with Crippen molar-refractivity contribution >= 4 is 49.1 Å². The maximum Gasteiger partial charge on any atom is 0.234 e. The average Bonchev–Trinajstić information content (AvgIpc) is 4.01. The van der Waals surface area contributed by atoms with Gasteiger partial charge in [-0.1, -0.05) is 21.3 Å². The number of hydrogen-bond acceptors (Lipinski definition) is 12. The van der Waals surface area contributed by atoms with Crippen LogP contribution in [0.4, 0.5) is 0 Å². The van der Waals surface area contributed by atoms with E-state index in [9.17, 15) is 40.8 Å². The van der Waals surface area contributed by atoms with Gasteiger partial charge in [0.05, 0.1) is 23.8 Å². The molecule has 0 aromatic carbocycles. The third kappa shape index (κ3) is 35.6. The zero-order chi connectivity index (χ0) is 39.0. The van der Waals surface area contributed by atoms with Gasteiger partial charge in [0.1, 0.15) is 21.4 Å². The van der Waals surface area contributed by atoms with E-state index < -0.39 is 19.9 Å². The highest BCUT2D eigenvalue weighted by molar-refractivity contribution is 7.91. The minimum absolute atomic E-state index is 0. The largest absolute Gasteiger partial charge is 0.356 e. The fraction of sp³-hybridized carbons (Fsp3) is 0.865. The number of carbonyl (C=O) groups is 5. The van der Waals surface area contributed by atoms with Gasteiger partial charge in [-0.05, 0) is 83.8 Å². The number of amides is 3. The number of nitrogens with one attached hydrogen (secondary N) is 7. The van der Waals surface area contributed by atoms with Gasteiger partial charge in [0.15, 0.2) is 0 Å². The van der Waals surface area contributed by atoms with Crippen LogP contribution in [0.3, 0.4) is 0 Å². The number of rotatable bonds is 0. The predicted molar refractivity (Wildman–Crippen MR) is 220 cm³/mol. The van der Waals surface area contributed by atoms with Gasteiger partial charge in [0.25, 0.3) is 0 Å². The Morgan fingerprint density at radius 2 is 0.855 bits per heavy atom. The van der Waals surface area contributed by atoms with Crippen molar-refractivity contribution in [2.24, 2.45) is 0 Å². The van der Waals surface area contributed by atoms with Gasteiger partial charge in [-0.15, -0.1) is 0 Å². The topological polar surface area (TPSA) is 238 Å². The van der Waals surface area contributed by atoms with Crippen LogP contribution in [0.5, 0.6) is 0 Å². The Hall–Kier alpha value is -2.51. The fourth-order valence-electron chi connectivity index (χ4n) is 5.45. The number of sulfone groups is 1. The molecule has 8 rings (SSSR count). The second-order valence-corrected chi connectivity index (χ2v) is 17.8. The summed E-state index contributed by atoms with van der Waals surface area (Å²) < 4.78 is 43.9. The van der Waals surface area contributed by atoms with E-state index in [1.807, 2.05) is 0 Å². The van der Waals surface area contributed by atoms with Crippen LogP contribution in [-0.4, -0.2) is 129 Å². The van der Waals surface area contributed by atoms with Crippen LogP contribution in [0.25, 0.3) is 0 Å². The van der Waals surface area contributed by atoms with Gasteiger partial charge in [0.2, 0.25) is 27.7 Å². The molecule has 1 saturated carbocycles. The molecule has 0 aromatic rings. The monoisotopic (exact) mass is 826 g/mol. The lowest BCUT2D eigenvalue weighted by Crippen LogP contribution is -2.44. The summed E-state index contributed by atoms with van der Waals surface area (Å²) in [5.41, 5.74) is 0. The Morgan fingerprint density at radius 3 is 1.11 bits per heavy atom. The molecule has 0 spiro atoms. The van der Waals surface area contributed by atoms with Crippen molar-refractivity contribution in [2.75, 3.05) is 82.7 Å². The molecule has 0 bridgehead atoms. The number of ketones is 2. The number of piperidine rings is 1. The lowest BCUT2D eigenvalue weighted by Gasteiger charge is -2.11. The van der Waals surface area contributed by atoms with Gasteiger partial charge in [-0.3, -0.25) is 24.0 Å². The summed E-state index contributed by atoms with van der Waals surface area (Å²) in [6.45, 7) is 8.98. The normalized spacial score (nSPS) is 22.8. The van der Waals surface area contributed by atoms with Crippen LogP contribution in [0, 0.1) is 0 Å². The number of hydrogen-bond donors (Lipinski definition) is 7. The van der Waals surface area contributed by atoms with E-state index >= 15 is 0 Å². The van der Waals surface area contributed by atoms with E-state index in [4.69, 9.17) is 0 Å². The minimum atomic E-state index is -2.80. The Morgan fingerprint density at radius 1 is 0.364 bits per heavy atom. The lowest BCUT2D eigenvalue weighted by molar-refractivity contribution is -0.121. The Bertz CT molecular complexity index is 1120. The number of piperazine rings is 1. The molecule has 0 aromatic heterocycles. The van der Waals surface area contributed by atoms with Crippen molar-refractivity contribution < 1.29 is 40.8 Å². The molecule has 18 heteroatoms. The van der Waals surface area contributed by atoms with Gasteiger partial charge in [-0.25, -0.2) is 21.6 Å². The van der Waals surface area contributed by atoms with Crippen LogP contribution in [0.15, 0.2) is 0 Å². The Balaban J connectivity index is 0. The van der Waals surface area contributed by atoms with E-state index in [2.05, 4.69) is 36.6 Å². The highest BCUT2D eigenvalue weighted by Gasteiger charge is 2.16. The molecule has 0 radical (unpaired) electrons. The van der Waals surface area contributed by atoms with E-state index in [0.29, 0.717) is 41.9 Å². The lowest BCUT2D eigenvalue weighted by atomic mass is 10.2. The van der Waals surface area contributed by atoms with Crippen LogP contribution >= 0.6 is 0 Å². The van der Waals surface area contributed by atoms with Gasteiger partial charge >= 0.3 is 0 Å². The molecule has 8 fully saturated rings. The Kier molecular flexibility index (Phi) is 34.5. The second kappa shape index (κ2) is 34.7. The van der Waals surface area contributed by atoms with Crippen LogP contribution in [0.2, 0.25) is 0 Å². The smallest absolute Gasteiger partial charge is 0.234 e. The highest BCUT2D eigenvalue weighted by Crippen LogP contribution is 2.11. The zero-order valence-corrected chi connectivity index (χ0v) is 33.3. The number of Topliss-reactive ketones (excluding diaryl/α,β-unsaturated/α-hetero) is 2. The molecule has 7 heterocycles. The first-order valence-corrected chi connectivity index (χ1v) is 23.0. The zero-order valence-electron chi connectivity index (χ0n) is 31.7. The van der Waals surface area contributed by atoms with E-state index in [1.165, 1.54) is 32.4 Å². The number of sulfonamides is 1. The average molecular weight is 826 g/mol. The van der Waals surface area contributed by atoms with Crippen LogP contribution in [0.1, 0.15) is 124 Å². The van der Waals surface area contributed by atoms with Crippen molar-refractivity contribution in [2.45, 2.75) is 124 Å². The van der Waals surface area contributed by atoms with Crippen molar-refractivity contribution in [1.82, 2.24) is 36.6 Å². The molecule has 8 aliphatic rings. The summed E-state index contributed by atoms with van der Waals surface area (Å²) in [6.07, 6.45) is 16.8. The minimum Gasteiger partial charge on any atom is -0.356 e. The summed E-state index contributed by atoms with van der Waals surface area (Å²) in [5.74, 6) is 2.54. The Labute approximate surface area is 332 Å². The predicted octanol–water partition coefficient (Wildman–Crippen LogP) is 1.49. The standard InChI is InChI=1S/C6H11NO.C5H11N.C5H8O.C4H8N2O.2C4H7NO.C4H8O2S.C3H7NO2S.2CH4/c8-6-2-1-4-7-5-3-6;1-2-4-6-5-3-1;6-5-3-1-2-4-5;7-4-3-5-1-2-6-4;2*6-4-2-1-3-5-4;2*5-7(6)3-1-2-4-7;;/h7H,1-5H2;6H,1-5H2;1-4H2;5H,1-3H2,(H,6,7);2*1-3H2,(H,5,6);1-4H2;4H,1-3H2;2*1H4.